The summed E-state index contributed by atoms with van der Waals surface area (Å²) in [6.07, 6.45) is 0.336. The summed E-state index contributed by atoms with van der Waals surface area (Å²) in [6.45, 7) is 8.96. The first kappa shape index (κ1) is 17.2. The second kappa shape index (κ2) is 7.42. The molecule has 0 atom stereocenters. The molecule has 2 N–H and O–H groups in total. The minimum Gasteiger partial charge on any atom is -0.465 e. The number of carbonyl (C=O) groups excluding carboxylic acids is 2. The Kier molecular flexibility index (Phi) is 5.33. The highest BCUT2D eigenvalue weighted by Crippen LogP contribution is 2.26. The van der Waals surface area contributed by atoms with Crippen LogP contribution in [0.5, 0.6) is 0 Å². The Balaban J connectivity index is 2.15. The van der Waals surface area contributed by atoms with Crippen molar-refractivity contribution in [3.05, 3.63) is 70.1 Å². The Morgan fingerprint density at radius 3 is 2.62 bits per heavy atom. The topological polar surface area (TPSA) is 73.8 Å². The molecule has 0 saturated carbocycles. The number of ether oxygens (including phenoxy) is 1. The molecule has 0 amide bonds. The molecule has 0 saturated heterocycles. The van der Waals surface area contributed by atoms with Crippen LogP contribution in [0, 0.1) is 13.5 Å². The number of methoxy groups -OCH3 is 1. The molecule has 0 radical (unpaired) electrons. The molecule has 0 unspecified atom stereocenters. The lowest BCUT2D eigenvalue weighted by molar-refractivity contribution is -0.117. The van der Waals surface area contributed by atoms with E-state index in [1.165, 1.54) is 7.11 Å². The summed E-state index contributed by atoms with van der Waals surface area (Å²) in [5.41, 5.74) is 9.56. The van der Waals surface area contributed by atoms with E-state index < -0.39 is 5.97 Å². The van der Waals surface area contributed by atoms with Crippen LogP contribution in [0.2, 0.25) is 0 Å². The molecule has 2 aromatic carbocycles. The summed E-state index contributed by atoms with van der Waals surface area (Å²) in [4.78, 5) is 27.3. The van der Waals surface area contributed by atoms with Gasteiger partial charge in [-0.2, -0.15) is 0 Å². The molecule has 0 aliphatic carbocycles. The summed E-state index contributed by atoms with van der Waals surface area (Å²) in [7, 11) is 1.31. The van der Waals surface area contributed by atoms with Crippen LogP contribution in [0.4, 0.5) is 11.4 Å². The molecule has 0 heterocycles. The lowest BCUT2D eigenvalue weighted by atomic mass is 9.99. The first-order chi connectivity index (χ1) is 11.4. The van der Waals surface area contributed by atoms with Crippen LogP contribution in [-0.4, -0.2) is 18.9 Å². The van der Waals surface area contributed by atoms with Crippen LogP contribution in [0.1, 0.15) is 27.0 Å². The largest absolute Gasteiger partial charge is 0.465 e. The van der Waals surface area contributed by atoms with Crippen molar-refractivity contribution in [3.8, 4) is 0 Å². The van der Waals surface area contributed by atoms with E-state index in [2.05, 4.69) is 9.58 Å². The Bertz CT molecular complexity index is 835. The molecule has 24 heavy (non-hydrogen) atoms. The fourth-order valence-electron chi connectivity index (χ4n) is 2.46. The third-order valence-corrected chi connectivity index (χ3v) is 3.72. The van der Waals surface area contributed by atoms with E-state index in [1.807, 2.05) is 6.92 Å². The molecule has 0 aromatic heterocycles. The standard InChI is InChI=1S/C19H18N2O3/c1-12-7-17(20)15(11-18(12)21-2)10-16(22)9-13-5-4-6-14(8-13)19(23)24-3/h4-8,11H,9-10,20H2,1,3H3. The van der Waals surface area contributed by atoms with Crippen molar-refractivity contribution >= 4 is 23.1 Å². The Labute approximate surface area is 140 Å². The number of aryl methyl sites for hydroxylation is 1. The molecule has 5 nitrogen and oxygen atoms in total. The highest BCUT2D eigenvalue weighted by molar-refractivity contribution is 5.90. The van der Waals surface area contributed by atoms with Crippen molar-refractivity contribution in [3.63, 3.8) is 0 Å². The van der Waals surface area contributed by atoms with Crippen molar-refractivity contribution in [2.24, 2.45) is 0 Å². The fourth-order valence-corrected chi connectivity index (χ4v) is 2.46. The van der Waals surface area contributed by atoms with Crippen molar-refractivity contribution in [2.75, 3.05) is 12.8 Å². The second-order valence-electron chi connectivity index (χ2n) is 5.53. The molecular weight excluding hydrogens is 304 g/mol. The predicted octanol–water partition coefficient (Wildman–Crippen LogP) is 3.27. The van der Waals surface area contributed by atoms with Crippen molar-refractivity contribution in [1.82, 2.24) is 0 Å². The van der Waals surface area contributed by atoms with E-state index in [9.17, 15) is 9.59 Å². The first-order valence-corrected chi connectivity index (χ1v) is 7.40. The van der Waals surface area contributed by atoms with Gasteiger partial charge in [0, 0.05) is 18.5 Å². The fraction of sp³-hybridized carbons (Fsp3) is 0.211. The molecule has 0 bridgehead atoms. The van der Waals surface area contributed by atoms with Gasteiger partial charge in [-0.3, -0.25) is 4.79 Å². The molecule has 122 valence electrons. The summed E-state index contributed by atoms with van der Waals surface area (Å²) >= 11 is 0. The van der Waals surface area contributed by atoms with E-state index in [0.717, 1.165) is 11.1 Å². The van der Waals surface area contributed by atoms with Gasteiger partial charge in [-0.25, -0.2) is 9.64 Å². The lowest BCUT2D eigenvalue weighted by Gasteiger charge is -2.09. The van der Waals surface area contributed by atoms with Crippen LogP contribution in [0.3, 0.4) is 0 Å². The third-order valence-electron chi connectivity index (χ3n) is 3.72. The van der Waals surface area contributed by atoms with Crippen LogP contribution >= 0.6 is 0 Å². The average Bonchev–Trinajstić information content (AvgIpc) is 2.56. The van der Waals surface area contributed by atoms with Gasteiger partial charge in [0.1, 0.15) is 5.78 Å². The van der Waals surface area contributed by atoms with Gasteiger partial charge in [0.15, 0.2) is 5.69 Å². The van der Waals surface area contributed by atoms with E-state index in [-0.39, 0.29) is 18.6 Å². The Hall–Kier alpha value is -3.13. The minimum absolute atomic E-state index is 0.0384. The first-order valence-electron chi connectivity index (χ1n) is 7.40. The highest BCUT2D eigenvalue weighted by atomic mass is 16.5. The maximum Gasteiger partial charge on any atom is 0.337 e. The quantitative estimate of drug-likeness (QED) is 0.521. The number of esters is 1. The molecule has 5 heteroatoms. The minimum atomic E-state index is -0.436. The number of carbonyl (C=O) groups is 2. The smallest absolute Gasteiger partial charge is 0.337 e. The zero-order valence-corrected chi connectivity index (χ0v) is 13.6. The van der Waals surface area contributed by atoms with Crippen LogP contribution in [0.15, 0.2) is 36.4 Å². The SMILES string of the molecule is [C-]#[N+]c1cc(CC(=O)Cc2cccc(C(=O)OC)c2)c(N)cc1C. The average molecular weight is 322 g/mol. The van der Waals surface area contributed by atoms with Crippen LogP contribution < -0.4 is 5.73 Å². The lowest BCUT2D eigenvalue weighted by Crippen LogP contribution is -2.09. The molecular formula is C19H18N2O3. The molecule has 2 rings (SSSR count). The van der Waals surface area contributed by atoms with Crippen molar-refractivity contribution in [1.29, 1.82) is 0 Å². The Morgan fingerprint density at radius 2 is 1.96 bits per heavy atom. The van der Waals surface area contributed by atoms with Crippen molar-refractivity contribution in [2.45, 2.75) is 19.8 Å². The summed E-state index contributed by atoms with van der Waals surface area (Å²) in [5.74, 6) is -0.475. The maximum atomic E-state index is 12.3. The predicted molar refractivity (Wildman–Crippen MR) is 92.0 cm³/mol. The van der Waals surface area contributed by atoms with E-state index in [4.69, 9.17) is 12.3 Å². The molecule has 0 aliphatic rings. The van der Waals surface area contributed by atoms with Gasteiger partial charge in [-0.1, -0.05) is 18.2 Å². The van der Waals surface area contributed by atoms with E-state index in [0.29, 0.717) is 22.5 Å². The number of nitrogens with two attached hydrogens (primary N) is 1. The Morgan fingerprint density at radius 1 is 1.21 bits per heavy atom. The number of nitrogen functional groups attached to an aromatic ring is 1. The van der Waals surface area contributed by atoms with Gasteiger partial charge >= 0.3 is 5.97 Å². The van der Waals surface area contributed by atoms with E-state index >= 15 is 0 Å². The number of anilines is 1. The number of Topliss-reactive ketones (excluding diaryl/α,β-unsaturated/α-hetero) is 1. The monoisotopic (exact) mass is 322 g/mol. The molecule has 2 aromatic rings. The second-order valence-corrected chi connectivity index (χ2v) is 5.53. The summed E-state index contributed by atoms with van der Waals surface area (Å²) in [5, 5.41) is 0. The van der Waals surface area contributed by atoms with Crippen molar-refractivity contribution < 1.29 is 14.3 Å². The summed E-state index contributed by atoms with van der Waals surface area (Å²) < 4.78 is 4.68. The number of hydrogen-bond acceptors (Lipinski definition) is 4. The molecule has 0 aliphatic heterocycles. The van der Waals surface area contributed by atoms with Gasteiger partial charge in [0.05, 0.1) is 19.2 Å². The molecule has 0 fully saturated rings. The van der Waals surface area contributed by atoms with Crippen LogP contribution in [0.25, 0.3) is 4.85 Å². The van der Waals surface area contributed by atoms with Crippen LogP contribution in [-0.2, 0) is 22.4 Å². The zero-order chi connectivity index (χ0) is 17.7. The van der Waals surface area contributed by atoms with Gasteiger partial charge in [-0.05, 0) is 41.8 Å². The highest BCUT2D eigenvalue weighted by Gasteiger charge is 2.12. The number of nitrogens with zero attached hydrogens (tertiary/aromatic N) is 1. The summed E-state index contributed by atoms with van der Waals surface area (Å²) in [6, 6.07) is 10.2. The normalized spacial score (nSPS) is 10.0. The van der Waals surface area contributed by atoms with Gasteiger partial charge in [-0.15, -0.1) is 0 Å². The maximum absolute atomic E-state index is 12.3. The van der Waals surface area contributed by atoms with Gasteiger partial charge in [0.2, 0.25) is 0 Å². The number of benzene rings is 2. The van der Waals surface area contributed by atoms with Gasteiger partial charge < -0.3 is 10.5 Å². The number of hydrogen-bond donors (Lipinski definition) is 1. The number of ketones is 1. The molecule has 0 spiro atoms. The van der Waals surface area contributed by atoms with Gasteiger partial charge in [0.25, 0.3) is 0 Å². The number of rotatable bonds is 5. The van der Waals surface area contributed by atoms with E-state index in [1.54, 1.807) is 36.4 Å². The third kappa shape index (κ3) is 3.99. The zero-order valence-electron chi connectivity index (χ0n) is 13.6.